The van der Waals surface area contributed by atoms with Gasteiger partial charge >= 0.3 is 0 Å². The zero-order valence-corrected chi connectivity index (χ0v) is 12.1. The molecule has 1 heterocycles. The van der Waals surface area contributed by atoms with Gasteiger partial charge in [0.1, 0.15) is 5.52 Å². The van der Waals surface area contributed by atoms with Crippen LogP contribution >= 0.6 is 11.8 Å². The number of hydrogen-bond acceptors (Lipinski definition) is 4. The number of aromatic nitrogens is 1. The first kappa shape index (κ1) is 13.5. The average molecular weight is 290 g/mol. The van der Waals surface area contributed by atoms with Gasteiger partial charge in [-0.05, 0) is 25.0 Å². The summed E-state index contributed by atoms with van der Waals surface area (Å²) in [6, 6.07) is 7.99. The summed E-state index contributed by atoms with van der Waals surface area (Å²) < 4.78 is 5.58. The minimum Gasteiger partial charge on any atom is -0.431 e. The Labute approximate surface area is 122 Å². The van der Waals surface area contributed by atoms with Gasteiger partial charge in [-0.3, -0.25) is 4.79 Å². The van der Waals surface area contributed by atoms with Crippen LogP contribution in [0.15, 0.2) is 33.9 Å². The number of para-hydroxylation sites is 2. The molecule has 20 heavy (non-hydrogen) atoms. The molecule has 1 saturated carbocycles. The van der Waals surface area contributed by atoms with E-state index in [1.165, 1.54) is 31.0 Å². The Bertz CT molecular complexity index is 557. The van der Waals surface area contributed by atoms with Gasteiger partial charge in [0.15, 0.2) is 5.58 Å². The zero-order valence-electron chi connectivity index (χ0n) is 11.3. The molecule has 1 aliphatic carbocycles. The molecular weight excluding hydrogens is 272 g/mol. The molecule has 0 bridgehead atoms. The molecule has 106 valence electrons. The van der Waals surface area contributed by atoms with E-state index in [9.17, 15) is 4.79 Å². The van der Waals surface area contributed by atoms with Crippen LogP contribution in [0.3, 0.4) is 0 Å². The fourth-order valence-corrected chi connectivity index (χ4v) is 3.21. The molecule has 3 rings (SSSR count). The summed E-state index contributed by atoms with van der Waals surface area (Å²) in [5.41, 5.74) is 1.60. The third kappa shape index (κ3) is 3.33. The maximum atomic E-state index is 11.9. The fraction of sp³-hybridized carbons (Fsp3) is 0.467. The van der Waals surface area contributed by atoms with Crippen LogP contribution in [0.4, 0.5) is 0 Å². The summed E-state index contributed by atoms with van der Waals surface area (Å²) >= 11 is 1.35. The van der Waals surface area contributed by atoms with E-state index >= 15 is 0 Å². The van der Waals surface area contributed by atoms with Crippen LogP contribution in [0.5, 0.6) is 0 Å². The van der Waals surface area contributed by atoms with Crippen molar-refractivity contribution in [2.75, 3.05) is 5.75 Å². The molecule has 1 amide bonds. The Kier molecular flexibility index (Phi) is 4.25. The number of carbonyl (C=O) groups excluding carboxylic acids is 1. The summed E-state index contributed by atoms with van der Waals surface area (Å²) in [6.45, 7) is 0. The minimum atomic E-state index is 0.0733. The van der Waals surface area contributed by atoms with Crippen LogP contribution < -0.4 is 5.32 Å². The zero-order chi connectivity index (χ0) is 13.8. The van der Waals surface area contributed by atoms with E-state index in [1.807, 2.05) is 24.3 Å². The quantitative estimate of drug-likeness (QED) is 0.877. The topological polar surface area (TPSA) is 55.1 Å². The van der Waals surface area contributed by atoms with Crippen LogP contribution in [0.25, 0.3) is 11.1 Å². The van der Waals surface area contributed by atoms with Gasteiger partial charge in [-0.1, -0.05) is 43.2 Å². The van der Waals surface area contributed by atoms with E-state index in [0.717, 1.165) is 23.9 Å². The summed E-state index contributed by atoms with van der Waals surface area (Å²) in [6.07, 6.45) is 5.97. The van der Waals surface area contributed by atoms with E-state index in [4.69, 9.17) is 4.42 Å². The Morgan fingerprint density at radius 3 is 2.90 bits per heavy atom. The molecule has 2 aromatic rings. The first-order valence-corrected chi connectivity index (χ1v) is 8.07. The SMILES string of the molecule is O=C(CSc1nc2ccccc2o1)NC1CCCCC1. The second-order valence-corrected chi connectivity index (χ2v) is 6.07. The van der Waals surface area contributed by atoms with Crippen LogP contribution in [0.2, 0.25) is 0 Å². The first-order valence-electron chi connectivity index (χ1n) is 7.09. The predicted molar refractivity (Wildman–Crippen MR) is 79.7 cm³/mol. The standard InChI is InChI=1S/C15H18N2O2S/c18-14(16-11-6-2-1-3-7-11)10-20-15-17-12-8-4-5-9-13(12)19-15/h4-5,8-9,11H,1-3,6-7,10H2,(H,16,18). The molecule has 1 aliphatic rings. The van der Waals surface area contributed by atoms with Crippen LogP contribution in [-0.4, -0.2) is 22.7 Å². The number of rotatable bonds is 4. The van der Waals surface area contributed by atoms with Gasteiger partial charge in [0.05, 0.1) is 5.75 Å². The fourth-order valence-electron chi connectivity index (χ4n) is 2.56. The van der Waals surface area contributed by atoms with E-state index in [-0.39, 0.29) is 5.91 Å². The summed E-state index contributed by atoms with van der Waals surface area (Å²) in [5.74, 6) is 0.438. The highest BCUT2D eigenvalue weighted by atomic mass is 32.2. The highest BCUT2D eigenvalue weighted by molar-refractivity contribution is 7.99. The maximum Gasteiger partial charge on any atom is 0.257 e. The number of carbonyl (C=O) groups is 1. The minimum absolute atomic E-state index is 0.0733. The lowest BCUT2D eigenvalue weighted by atomic mass is 9.95. The van der Waals surface area contributed by atoms with E-state index in [1.54, 1.807) is 0 Å². The molecule has 0 unspecified atom stereocenters. The number of benzene rings is 1. The molecule has 5 heteroatoms. The molecule has 1 N–H and O–H groups in total. The number of hydrogen-bond donors (Lipinski definition) is 1. The Balaban J connectivity index is 1.51. The van der Waals surface area contributed by atoms with E-state index < -0.39 is 0 Å². The number of thioether (sulfide) groups is 1. The highest BCUT2D eigenvalue weighted by Gasteiger charge is 2.16. The van der Waals surface area contributed by atoms with Crippen molar-refractivity contribution >= 4 is 28.8 Å². The van der Waals surface area contributed by atoms with Crippen LogP contribution in [0, 0.1) is 0 Å². The smallest absolute Gasteiger partial charge is 0.257 e. The summed E-state index contributed by atoms with van der Waals surface area (Å²) in [4.78, 5) is 16.2. The normalized spacial score (nSPS) is 16.4. The van der Waals surface area contributed by atoms with Gasteiger partial charge < -0.3 is 9.73 Å². The van der Waals surface area contributed by atoms with E-state index in [0.29, 0.717) is 17.0 Å². The molecule has 0 atom stereocenters. The lowest BCUT2D eigenvalue weighted by molar-refractivity contribution is -0.119. The molecule has 1 fully saturated rings. The molecule has 1 aromatic heterocycles. The van der Waals surface area contributed by atoms with E-state index in [2.05, 4.69) is 10.3 Å². The van der Waals surface area contributed by atoms with Crippen molar-refractivity contribution in [2.24, 2.45) is 0 Å². The molecule has 0 saturated heterocycles. The van der Waals surface area contributed by atoms with Crippen molar-refractivity contribution in [1.82, 2.24) is 10.3 Å². The van der Waals surface area contributed by atoms with Gasteiger partial charge in [0, 0.05) is 6.04 Å². The van der Waals surface area contributed by atoms with Crippen molar-refractivity contribution in [3.8, 4) is 0 Å². The van der Waals surface area contributed by atoms with Crippen molar-refractivity contribution in [3.05, 3.63) is 24.3 Å². The first-order chi connectivity index (χ1) is 9.81. The number of nitrogens with one attached hydrogen (secondary N) is 1. The lowest BCUT2D eigenvalue weighted by Gasteiger charge is -2.22. The number of nitrogens with zero attached hydrogens (tertiary/aromatic N) is 1. The van der Waals surface area contributed by atoms with Gasteiger partial charge in [-0.2, -0.15) is 0 Å². The average Bonchev–Trinajstić information content (AvgIpc) is 2.89. The third-order valence-electron chi connectivity index (χ3n) is 3.57. The van der Waals surface area contributed by atoms with Gasteiger partial charge in [-0.25, -0.2) is 4.98 Å². The largest absolute Gasteiger partial charge is 0.431 e. The summed E-state index contributed by atoms with van der Waals surface area (Å²) in [5, 5.41) is 3.65. The van der Waals surface area contributed by atoms with Gasteiger partial charge in [0.2, 0.25) is 5.91 Å². The Morgan fingerprint density at radius 1 is 1.30 bits per heavy atom. The Morgan fingerprint density at radius 2 is 2.10 bits per heavy atom. The Hall–Kier alpha value is -1.49. The predicted octanol–water partition coefficient (Wildman–Crippen LogP) is 3.37. The molecule has 0 spiro atoms. The number of fused-ring (bicyclic) bond motifs is 1. The lowest BCUT2D eigenvalue weighted by Crippen LogP contribution is -2.37. The van der Waals surface area contributed by atoms with Crippen molar-refractivity contribution in [1.29, 1.82) is 0 Å². The van der Waals surface area contributed by atoms with Gasteiger partial charge in [0.25, 0.3) is 5.22 Å². The second-order valence-electron chi connectivity index (χ2n) is 5.14. The highest BCUT2D eigenvalue weighted by Crippen LogP contribution is 2.23. The molecule has 0 aliphatic heterocycles. The van der Waals surface area contributed by atoms with Crippen LogP contribution in [-0.2, 0) is 4.79 Å². The van der Waals surface area contributed by atoms with Crippen LogP contribution in [0.1, 0.15) is 32.1 Å². The molecule has 1 aromatic carbocycles. The molecule has 0 radical (unpaired) electrons. The van der Waals surface area contributed by atoms with Crippen molar-refractivity contribution in [2.45, 2.75) is 43.4 Å². The van der Waals surface area contributed by atoms with Crippen molar-refractivity contribution < 1.29 is 9.21 Å². The summed E-state index contributed by atoms with van der Waals surface area (Å²) in [7, 11) is 0. The number of amides is 1. The van der Waals surface area contributed by atoms with Gasteiger partial charge in [-0.15, -0.1) is 0 Å². The third-order valence-corrected chi connectivity index (χ3v) is 4.40. The van der Waals surface area contributed by atoms with Crippen molar-refractivity contribution in [3.63, 3.8) is 0 Å². The monoisotopic (exact) mass is 290 g/mol. The maximum absolute atomic E-state index is 11.9. The number of oxazole rings is 1. The second kappa shape index (κ2) is 6.31. The molecule has 4 nitrogen and oxygen atoms in total. The molecular formula is C15H18N2O2S.